The molecule has 5 nitrogen and oxygen atoms in total. The summed E-state index contributed by atoms with van der Waals surface area (Å²) in [6.07, 6.45) is 1.51. The highest BCUT2D eigenvalue weighted by molar-refractivity contribution is 6.31. The summed E-state index contributed by atoms with van der Waals surface area (Å²) in [5.41, 5.74) is 5.00. The average molecular weight is 460 g/mol. The second kappa shape index (κ2) is 7.81. The van der Waals surface area contributed by atoms with Gasteiger partial charge in [-0.05, 0) is 46.4 Å². The number of nitrogens with zero attached hydrogens (tertiary/aromatic N) is 5. The van der Waals surface area contributed by atoms with E-state index in [2.05, 4.69) is 72.4 Å². The number of hydrogen-bond donors (Lipinski definition) is 0. The maximum atomic E-state index is 15.1. The van der Waals surface area contributed by atoms with Gasteiger partial charge < -0.3 is 4.90 Å². The monoisotopic (exact) mass is 459 g/mol. The molecule has 0 saturated carbocycles. The van der Waals surface area contributed by atoms with Crippen LogP contribution in [0, 0.1) is 5.82 Å². The molecule has 0 aliphatic heterocycles. The molecular formula is C26H23ClFN5. The van der Waals surface area contributed by atoms with Crippen molar-refractivity contribution < 1.29 is 4.39 Å². The van der Waals surface area contributed by atoms with Crippen molar-refractivity contribution in [1.82, 2.24) is 19.6 Å². The Morgan fingerprint density at radius 1 is 0.970 bits per heavy atom. The lowest BCUT2D eigenvalue weighted by Gasteiger charge is -2.22. The fraction of sp³-hybridized carbons (Fsp3) is 0.192. The molecule has 0 unspecified atom stereocenters. The highest BCUT2D eigenvalue weighted by atomic mass is 35.5. The molecule has 0 bridgehead atoms. The fourth-order valence-corrected chi connectivity index (χ4v) is 4.22. The zero-order valence-electron chi connectivity index (χ0n) is 18.8. The molecule has 0 atom stereocenters. The molecular weight excluding hydrogens is 437 g/mol. The fourth-order valence-electron chi connectivity index (χ4n) is 4.02. The highest BCUT2D eigenvalue weighted by Gasteiger charge is 2.19. The molecule has 0 N–H and O–H groups in total. The van der Waals surface area contributed by atoms with Gasteiger partial charge in [0.2, 0.25) is 0 Å². The zero-order valence-corrected chi connectivity index (χ0v) is 19.6. The van der Waals surface area contributed by atoms with Crippen molar-refractivity contribution in [3.05, 3.63) is 83.4 Å². The normalized spacial score (nSPS) is 11.9. The van der Waals surface area contributed by atoms with Gasteiger partial charge in [-0.2, -0.15) is 4.98 Å². The minimum Gasteiger partial charge on any atom is -0.329 e. The lowest BCUT2D eigenvalue weighted by molar-refractivity contribution is 0.590. The van der Waals surface area contributed by atoms with Crippen molar-refractivity contribution >= 4 is 39.8 Å². The van der Waals surface area contributed by atoms with Crippen LogP contribution in [-0.2, 0) is 5.41 Å². The van der Waals surface area contributed by atoms with Crippen LogP contribution in [-0.4, -0.2) is 26.6 Å². The van der Waals surface area contributed by atoms with Crippen LogP contribution >= 0.6 is 11.6 Å². The van der Waals surface area contributed by atoms with Crippen LogP contribution in [0.25, 0.3) is 27.8 Å². The first kappa shape index (κ1) is 21.3. The lowest BCUT2D eigenvalue weighted by Crippen LogP contribution is -2.13. The first-order chi connectivity index (χ1) is 15.7. The predicted molar refractivity (Wildman–Crippen MR) is 132 cm³/mol. The van der Waals surface area contributed by atoms with Crippen LogP contribution in [0.4, 0.5) is 15.9 Å². The van der Waals surface area contributed by atoms with E-state index in [0.717, 1.165) is 16.8 Å². The highest BCUT2D eigenvalue weighted by Crippen LogP contribution is 2.35. The van der Waals surface area contributed by atoms with Crippen molar-refractivity contribution in [2.45, 2.75) is 26.2 Å². The number of fused-ring (bicyclic) bond motifs is 3. The SMILES string of the molecule is CN(c1cccc(-c2ccc(C(C)(C)C)cc2)c1)c1nc2nncn2c2cc(Cl)cc(F)c12. The minimum atomic E-state index is -0.448. The van der Waals surface area contributed by atoms with Crippen LogP contribution in [0.15, 0.2) is 67.0 Å². The van der Waals surface area contributed by atoms with Gasteiger partial charge in [-0.15, -0.1) is 10.2 Å². The third kappa shape index (κ3) is 3.80. The Labute approximate surface area is 196 Å². The number of benzene rings is 3. The van der Waals surface area contributed by atoms with Gasteiger partial charge in [0.15, 0.2) is 0 Å². The molecule has 2 aromatic heterocycles. The van der Waals surface area contributed by atoms with Crippen LogP contribution in [0.2, 0.25) is 5.02 Å². The molecule has 0 spiro atoms. The molecule has 0 amide bonds. The van der Waals surface area contributed by atoms with Crippen molar-refractivity contribution in [3.8, 4) is 11.1 Å². The summed E-state index contributed by atoms with van der Waals surface area (Å²) in [4.78, 5) is 6.47. The quantitative estimate of drug-likeness (QED) is 0.297. The predicted octanol–water partition coefficient (Wildman–Crippen LogP) is 6.80. The Morgan fingerprint density at radius 2 is 1.73 bits per heavy atom. The Balaban J connectivity index is 1.61. The van der Waals surface area contributed by atoms with Gasteiger partial charge in [0.05, 0.1) is 10.9 Å². The standard InChI is InChI=1S/C26H23ClFN5/c1-26(2,3)18-10-8-16(9-11-18)17-6-5-7-20(12-17)32(4)24-23-21(28)13-19(27)14-22(23)33-15-29-31-25(33)30-24/h5-15H,1-4H3. The summed E-state index contributed by atoms with van der Waals surface area (Å²) in [7, 11) is 1.87. The van der Waals surface area contributed by atoms with Crippen LogP contribution < -0.4 is 4.90 Å². The summed E-state index contributed by atoms with van der Waals surface area (Å²) in [6, 6.07) is 19.7. The molecule has 0 aliphatic rings. The molecule has 3 aromatic carbocycles. The van der Waals surface area contributed by atoms with Crippen LogP contribution in [0.5, 0.6) is 0 Å². The molecule has 0 radical (unpaired) electrons. The summed E-state index contributed by atoms with van der Waals surface area (Å²) < 4.78 is 16.7. The van der Waals surface area contributed by atoms with Crippen LogP contribution in [0.3, 0.4) is 0 Å². The molecule has 0 aliphatic carbocycles. The molecule has 0 saturated heterocycles. The molecule has 5 rings (SSSR count). The van der Waals surface area contributed by atoms with E-state index in [1.165, 1.54) is 18.0 Å². The van der Waals surface area contributed by atoms with Gasteiger partial charge in [0.1, 0.15) is 18.0 Å². The Morgan fingerprint density at radius 3 is 2.45 bits per heavy atom. The number of hydrogen-bond acceptors (Lipinski definition) is 4. The third-order valence-electron chi connectivity index (χ3n) is 5.89. The second-order valence-electron chi connectivity index (χ2n) is 9.15. The minimum absolute atomic E-state index is 0.0979. The largest absolute Gasteiger partial charge is 0.329 e. The summed E-state index contributed by atoms with van der Waals surface area (Å²) >= 11 is 6.14. The number of rotatable bonds is 3. The lowest BCUT2D eigenvalue weighted by atomic mass is 9.86. The van der Waals surface area contributed by atoms with E-state index in [1.54, 1.807) is 10.5 Å². The zero-order chi connectivity index (χ0) is 23.3. The van der Waals surface area contributed by atoms with Gasteiger partial charge in [0.25, 0.3) is 5.78 Å². The summed E-state index contributed by atoms with van der Waals surface area (Å²) in [6.45, 7) is 6.61. The van der Waals surface area contributed by atoms with Crippen molar-refractivity contribution in [2.75, 3.05) is 11.9 Å². The first-order valence-electron chi connectivity index (χ1n) is 10.7. The van der Waals surface area contributed by atoms with E-state index in [1.807, 2.05) is 24.1 Å². The molecule has 33 heavy (non-hydrogen) atoms. The van der Waals surface area contributed by atoms with E-state index >= 15 is 4.39 Å². The number of aromatic nitrogens is 4. The van der Waals surface area contributed by atoms with Gasteiger partial charge in [0, 0.05) is 17.8 Å². The third-order valence-corrected chi connectivity index (χ3v) is 6.11. The van der Waals surface area contributed by atoms with E-state index in [0.29, 0.717) is 27.5 Å². The van der Waals surface area contributed by atoms with E-state index in [4.69, 9.17) is 11.6 Å². The summed E-state index contributed by atoms with van der Waals surface area (Å²) in [5.74, 6) is 0.371. The van der Waals surface area contributed by atoms with E-state index < -0.39 is 5.82 Å². The Bertz CT molecular complexity index is 1490. The average Bonchev–Trinajstić information content (AvgIpc) is 3.26. The first-order valence-corrected chi connectivity index (χ1v) is 11.0. The maximum absolute atomic E-state index is 15.1. The Hall–Kier alpha value is -3.51. The van der Waals surface area contributed by atoms with Crippen molar-refractivity contribution in [2.24, 2.45) is 0 Å². The molecule has 0 fully saturated rings. The van der Waals surface area contributed by atoms with Crippen LogP contribution in [0.1, 0.15) is 26.3 Å². The van der Waals surface area contributed by atoms with Crippen molar-refractivity contribution in [3.63, 3.8) is 0 Å². The van der Waals surface area contributed by atoms with E-state index in [-0.39, 0.29) is 5.41 Å². The van der Waals surface area contributed by atoms with Gasteiger partial charge in [-0.25, -0.2) is 4.39 Å². The molecule has 166 valence electrons. The molecule has 5 aromatic rings. The van der Waals surface area contributed by atoms with E-state index in [9.17, 15) is 0 Å². The molecule has 2 heterocycles. The smallest absolute Gasteiger partial charge is 0.257 e. The van der Waals surface area contributed by atoms with Gasteiger partial charge >= 0.3 is 0 Å². The maximum Gasteiger partial charge on any atom is 0.257 e. The summed E-state index contributed by atoms with van der Waals surface area (Å²) in [5, 5.41) is 8.65. The number of anilines is 2. The van der Waals surface area contributed by atoms with Crippen molar-refractivity contribution in [1.29, 1.82) is 0 Å². The van der Waals surface area contributed by atoms with Gasteiger partial charge in [-0.3, -0.25) is 4.40 Å². The Kier molecular flexibility index (Phi) is 5.05. The number of halogens is 2. The second-order valence-corrected chi connectivity index (χ2v) is 9.59. The molecule has 7 heteroatoms. The topological polar surface area (TPSA) is 46.3 Å². The van der Waals surface area contributed by atoms with Gasteiger partial charge in [-0.1, -0.05) is 68.8 Å².